The van der Waals surface area contributed by atoms with Gasteiger partial charge in [0.2, 0.25) is 5.88 Å². The van der Waals surface area contributed by atoms with E-state index < -0.39 is 4.92 Å². The van der Waals surface area contributed by atoms with Crippen molar-refractivity contribution in [1.82, 2.24) is 4.98 Å². The maximum Gasteiger partial charge on any atom is 0.278 e. The maximum atomic E-state index is 10.8. The van der Waals surface area contributed by atoms with Crippen LogP contribution < -0.4 is 10.1 Å². The number of rotatable bonds is 7. The Morgan fingerprint density at radius 3 is 2.60 bits per heavy atom. The van der Waals surface area contributed by atoms with Crippen LogP contribution in [0.5, 0.6) is 5.88 Å². The van der Waals surface area contributed by atoms with Gasteiger partial charge in [0.1, 0.15) is 12.4 Å². The highest BCUT2D eigenvalue weighted by atomic mass is 16.6. The number of nitrogens with one attached hydrogen (secondary N) is 1. The summed E-state index contributed by atoms with van der Waals surface area (Å²) in [6.45, 7) is 9.03. The Labute approximate surface area is 118 Å². The highest BCUT2D eigenvalue weighted by Crippen LogP contribution is 2.22. The monoisotopic (exact) mass is 283 g/mol. The minimum Gasteiger partial charge on any atom is -0.475 e. The number of anilines is 1. The van der Waals surface area contributed by atoms with Crippen LogP contribution in [0.1, 0.15) is 27.7 Å². The largest absolute Gasteiger partial charge is 0.475 e. The first-order chi connectivity index (χ1) is 9.31. The van der Waals surface area contributed by atoms with E-state index in [1.54, 1.807) is 0 Å². The van der Waals surface area contributed by atoms with Gasteiger partial charge in [-0.15, -0.1) is 0 Å². The Balaban J connectivity index is 2.66. The van der Waals surface area contributed by atoms with E-state index in [4.69, 9.17) is 9.47 Å². The van der Waals surface area contributed by atoms with Gasteiger partial charge in [-0.2, -0.15) is 4.98 Å². The predicted molar refractivity (Wildman–Crippen MR) is 76.3 cm³/mol. The lowest BCUT2D eigenvalue weighted by Crippen LogP contribution is -2.22. The van der Waals surface area contributed by atoms with Crippen LogP contribution in [0, 0.1) is 10.1 Å². The van der Waals surface area contributed by atoms with E-state index in [9.17, 15) is 10.1 Å². The minimum atomic E-state index is -0.471. The SMILES string of the molecule is CCNc1cc([N+](=O)[O-])cc(OCCOC(C)(C)C)n1. The van der Waals surface area contributed by atoms with Crippen LogP contribution in [-0.4, -0.2) is 35.3 Å². The minimum absolute atomic E-state index is 0.0531. The molecule has 0 aliphatic rings. The zero-order valence-electron chi connectivity index (χ0n) is 12.3. The molecule has 0 unspecified atom stereocenters. The number of hydrogen-bond acceptors (Lipinski definition) is 6. The van der Waals surface area contributed by atoms with Gasteiger partial charge in [-0.1, -0.05) is 0 Å². The summed E-state index contributed by atoms with van der Waals surface area (Å²) in [6.07, 6.45) is 0. The highest BCUT2D eigenvalue weighted by molar-refractivity contribution is 5.48. The summed E-state index contributed by atoms with van der Waals surface area (Å²) in [5, 5.41) is 13.8. The van der Waals surface area contributed by atoms with Crippen LogP contribution in [0.15, 0.2) is 12.1 Å². The first-order valence-electron chi connectivity index (χ1n) is 6.49. The molecule has 0 spiro atoms. The number of nitro groups is 1. The van der Waals surface area contributed by atoms with Gasteiger partial charge >= 0.3 is 0 Å². The standard InChI is InChI=1S/C13H21N3O4/c1-5-14-11-8-10(16(17)18)9-12(15-11)19-6-7-20-13(2,3)4/h8-9H,5-7H2,1-4H3,(H,14,15). The number of nitrogens with zero attached hydrogens (tertiary/aromatic N) is 2. The average molecular weight is 283 g/mol. The molecule has 0 bridgehead atoms. The first kappa shape index (κ1) is 16.2. The zero-order chi connectivity index (χ0) is 15.2. The smallest absolute Gasteiger partial charge is 0.278 e. The van der Waals surface area contributed by atoms with Crippen molar-refractivity contribution in [1.29, 1.82) is 0 Å². The van der Waals surface area contributed by atoms with Crippen molar-refractivity contribution in [2.45, 2.75) is 33.3 Å². The predicted octanol–water partition coefficient (Wildman–Crippen LogP) is 2.62. The molecule has 7 heteroatoms. The average Bonchev–Trinajstić information content (AvgIpc) is 2.33. The fourth-order valence-corrected chi connectivity index (χ4v) is 1.44. The lowest BCUT2D eigenvalue weighted by atomic mass is 10.2. The van der Waals surface area contributed by atoms with E-state index in [0.717, 1.165) is 0 Å². The van der Waals surface area contributed by atoms with Gasteiger partial charge in [-0.3, -0.25) is 10.1 Å². The Morgan fingerprint density at radius 2 is 2.05 bits per heavy atom. The second-order valence-corrected chi connectivity index (χ2v) is 5.15. The molecule has 0 saturated heterocycles. The molecule has 1 aromatic heterocycles. The van der Waals surface area contributed by atoms with E-state index in [0.29, 0.717) is 19.0 Å². The number of hydrogen-bond donors (Lipinski definition) is 1. The Bertz CT molecular complexity index is 457. The van der Waals surface area contributed by atoms with Gasteiger partial charge in [0.15, 0.2) is 0 Å². The molecule has 1 aromatic rings. The molecule has 112 valence electrons. The summed E-state index contributed by atoms with van der Waals surface area (Å²) in [4.78, 5) is 14.5. The maximum absolute atomic E-state index is 10.8. The molecular formula is C13H21N3O4. The molecule has 0 aliphatic heterocycles. The lowest BCUT2D eigenvalue weighted by molar-refractivity contribution is -0.384. The fraction of sp³-hybridized carbons (Fsp3) is 0.615. The van der Waals surface area contributed by atoms with Crippen LogP contribution in [0.3, 0.4) is 0 Å². The van der Waals surface area contributed by atoms with Gasteiger partial charge < -0.3 is 14.8 Å². The molecule has 1 rings (SSSR count). The molecule has 1 N–H and O–H groups in total. The van der Waals surface area contributed by atoms with Crippen molar-refractivity contribution >= 4 is 11.5 Å². The quantitative estimate of drug-likeness (QED) is 0.470. The normalized spacial score (nSPS) is 11.2. The molecule has 0 radical (unpaired) electrons. The van der Waals surface area contributed by atoms with E-state index in [-0.39, 0.29) is 23.8 Å². The van der Waals surface area contributed by atoms with E-state index in [1.807, 2.05) is 27.7 Å². The van der Waals surface area contributed by atoms with Crippen molar-refractivity contribution in [3.8, 4) is 5.88 Å². The van der Waals surface area contributed by atoms with Crippen molar-refractivity contribution < 1.29 is 14.4 Å². The Morgan fingerprint density at radius 1 is 1.35 bits per heavy atom. The lowest BCUT2D eigenvalue weighted by Gasteiger charge is -2.19. The summed E-state index contributed by atoms with van der Waals surface area (Å²) in [5.41, 5.74) is -0.295. The van der Waals surface area contributed by atoms with Crippen molar-refractivity contribution in [3.63, 3.8) is 0 Å². The molecule has 0 aliphatic carbocycles. The molecule has 0 atom stereocenters. The van der Waals surface area contributed by atoms with Gasteiger partial charge in [-0.05, 0) is 27.7 Å². The van der Waals surface area contributed by atoms with Crippen LogP contribution in [0.4, 0.5) is 11.5 Å². The third-order valence-corrected chi connectivity index (χ3v) is 2.22. The summed E-state index contributed by atoms with van der Waals surface area (Å²) in [5.74, 6) is 0.640. The van der Waals surface area contributed by atoms with E-state index in [1.165, 1.54) is 12.1 Å². The zero-order valence-corrected chi connectivity index (χ0v) is 12.3. The van der Waals surface area contributed by atoms with Crippen LogP contribution in [0.25, 0.3) is 0 Å². The molecule has 20 heavy (non-hydrogen) atoms. The summed E-state index contributed by atoms with van der Waals surface area (Å²) >= 11 is 0. The second-order valence-electron chi connectivity index (χ2n) is 5.15. The molecule has 7 nitrogen and oxygen atoms in total. The molecular weight excluding hydrogens is 262 g/mol. The van der Waals surface area contributed by atoms with Crippen LogP contribution in [-0.2, 0) is 4.74 Å². The number of aromatic nitrogens is 1. The second kappa shape index (κ2) is 7.04. The number of pyridine rings is 1. The summed E-state index contributed by atoms with van der Waals surface area (Å²) < 4.78 is 10.9. The Hall–Kier alpha value is -1.89. The molecule has 0 amide bonds. The molecule has 0 aromatic carbocycles. The fourth-order valence-electron chi connectivity index (χ4n) is 1.44. The highest BCUT2D eigenvalue weighted by Gasteiger charge is 2.13. The topological polar surface area (TPSA) is 86.5 Å². The molecule has 0 saturated carbocycles. The van der Waals surface area contributed by atoms with Gasteiger partial charge in [0, 0.05) is 6.54 Å². The Kier molecular flexibility index (Phi) is 5.69. The van der Waals surface area contributed by atoms with Gasteiger partial charge in [0.05, 0.1) is 29.3 Å². The van der Waals surface area contributed by atoms with E-state index in [2.05, 4.69) is 10.3 Å². The summed E-state index contributed by atoms with van der Waals surface area (Å²) in [7, 11) is 0. The van der Waals surface area contributed by atoms with Crippen LogP contribution >= 0.6 is 0 Å². The van der Waals surface area contributed by atoms with Gasteiger partial charge in [0.25, 0.3) is 5.69 Å². The van der Waals surface area contributed by atoms with Crippen molar-refractivity contribution in [2.24, 2.45) is 0 Å². The molecule has 1 heterocycles. The first-order valence-corrected chi connectivity index (χ1v) is 6.49. The van der Waals surface area contributed by atoms with Crippen molar-refractivity contribution in [2.75, 3.05) is 25.1 Å². The van der Waals surface area contributed by atoms with Gasteiger partial charge in [-0.25, -0.2) is 0 Å². The third-order valence-electron chi connectivity index (χ3n) is 2.22. The number of ether oxygens (including phenoxy) is 2. The van der Waals surface area contributed by atoms with Crippen molar-refractivity contribution in [3.05, 3.63) is 22.2 Å². The van der Waals surface area contributed by atoms with Crippen LogP contribution in [0.2, 0.25) is 0 Å². The summed E-state index contributed by atoms with van der Waals surface area (Å²) in [6, 6.07) is 2.68. The van der Waals surface area contributed by atoms with E-state index >= 15 is 0 Å². The molecule has 0 fully saturated rings. The third kappa shape index (κ3) is 5.83.